The highest BCUT2D eigenvalue weighted by Gasteiger charge is 2.20. The number of amides is 3. The molecule has 160 valence electrons. The van der Waals surface area contributed by atoms with Crippen molar-refractivity contribution in [1.82, 2.24) is 5.32 Å². The van der Waals surface area contributed by atoms with Crippen molar-refractivity contribution >= 4 is 23.4 Å². The summed E-state index contributed by atoms with van der Waals surface area (Å²) in [7, 11) is 1.55. The first-order valence-corrected chi connectivity index (χ1v) is 9.56. The summed E-state index contributed by atoms with van der Waals surface area (Å²) in [5.74, 6) is -0.536. The van der Waals surface area contributed by atoms with E-state index in [0.717, 1.165) is 5.56 Å². The molecule has 0 atom stereocenters. The van der Waals surface area contributed by atoms with Crippen molar-refractivity contribution in [1.29, 1.82) is 0 Å². The minimum absolute atomic E-state index is 0.193. The molecule has 3 amide bonds. The molecule has 0 fully saturated rings. The molecule has 0 unspecified atom stereocenters. The lowest BCUT2D eigenvalue weighted by molar-refractivity contribution is -0.120. The van der Waals surface area contributed by atoms with Gasteiger partial charge in [0.05, 0.1) is 29.6 Å². The van der Waals surface area contributed by atoms with Gasteiger partial charge in [0.2, 0.25) is 0 Å². The standard InChI is InChI=1S/C23H23N3O5/c1-15-9-10-18(22(24)28)20(12-15)31-14-21(27)26(2)19-8-4-3-7-17(19)23(29)25-13-16-6-5-11-30-16/h3-12H,13-14H2,1-2H3,(H2,24,28)(H,25,29). The van der Waals surface area contributed by atoms with Crippen LogP contribution in [0.15, 0.2) is 65.3 Å². The van der Waals surface area contributed by atoms with Crippen molar-refractivity contribution in [2.45, 2.75) is 13.5 Å². The largest absolute Gasteiger partial charge is 0.483 e. The predicted octanol–water partition coefficient (Wildman–Crippen LogP) is 2.66. The summed E-state index contributed by atoms with van der Waals surface area (Å²) in [6, 6.07) is 15.2. The molecule has 0 saturated heterocycles. The lowest BCUT2D eigenvalue weighted by Crippen LogP contribution is -2.34. The van der Waals surface area contributed by atoms with Gasteiger partial charge in [0, 0.05) is 7.05 Å². The number of nitrogens with one attached hydrogen (secondary N) is 1. The summed E-state index contributed by atoms with van der Waals surface area (Å²) in [5.41, 5.74) is 7.18. The van der Waals surface area contributed by atoms with E-state index in [4.69, 9.17) is 14.9 Å². The molecule has 0 radical (unpaired) electrons. The first kappa shape index (κ1) is 21.6. The van der Waals surface area contributed by atoms with Gasteiger partial charge in [-0.15, -0.1) is 0 Å². The zero-order valence-electron chi connectivity index (χ0n) is 17.3. The Kier molecular flexibility index (Phi) is 6.71. The molecule has 0 bridgehead atoms. The molecule has 0 aliphatic carbocycles. The van der Waals surface area contributed by atoms with E-state index in [0.29, 0.717) is 17.0 Å². The fourth-order valence-electron chi connectivity index (χ4n) is 2.96. The van der Waals surface area contributed by atoms with E-state index in [2.05, 4.69) is 5.32 Å². The third kappa shape index (κ3) is 5.30. The number of aryl methyl sites for hydroxylation is 1. The number of hydrogen-bond donors (Lipinski definition) is 2. The minimum atomic E-state index is -0.644. The van der Waals surface area contributed by atoms with Gasteiger partial charge in [-0.3, -0.25) is 14.4 Å². The van der Waals surface area contributed by atoms with Crippen LogP contribution in [0, 0.1) is 6.92 Å². The lowest BCUT2D eigenvalue weighted by atomic mass is 10.1. The Morgan fingerprint density at radius 2 is 1.84 bits per heavy atom. The maximum atomic E-state index is 12.7. The lowest BCUT2D eigenvalue weighted by Gasteiger charge is -2.21. The zero-order chi connectivity index (χ0) is 22.4. The number of rotatable bonds is 8. The Bertz CT molecular complexity index is 1090. The van der Waals surface area contributed by atoms with Crippen LogP contribution in [0.2, 0.25) is 0 Å². The molecular weight excluding hydrogens is 398 g/mol. The van der Waals surface area contributed by atoms with Crippen LogP contribution >= 0.6 is 0 Å². The molecule has 0 spiro atoms. The number of nitrogens with zero attached hydrogens (tertiary/aromatic N) is 1. The minimum Gasteiger partial charge on any atom is -0.483 e. The van der Waals surface area contributed by atoms with Crippen molar-refractivity contribution in [2.75, 3.05) is 18.6 Å². The average Bonchev–Trinajstić information content (AvgIpc) is 3.28. The Balaban J connectivity index is 1.71. The Morgan fingerprint density at radius 3 is 2.55 bits per heavy atom. The van der Waals surface area contributed by atoms with Crippen LogP contribution in [0.25, 0.3) is 0 Å². The molecule has 0 aliphatic rings. The Morgan fingerprint density at radius 1 is 1.06 bits per heavy atom. The maximum Gasteiger partial charge on any atom is 0.264 e. The van der Waals surface area contributed by atoms with Crippen molar-refractivity contribution in [3.8, 4) is 5.75 Å². The van der Waals surface area contributed by atoms with Gasteiger partial charge in [-0.1, -0.05) is 18.2 Å². The van der Waals surface area contributed by atoms with E-state index < -0.39 is 11.8 Å². The van der Waals surface area contributed by atoms with Gasteiger partial charge in [0.15, 0.2) is 6.61 Å². The third-order valence-corrected chi connectivity index (χ3v) is 4.64. The number of carbonyl (C=O) groups is 3. The number of nitrogens with two attached hydrogens (primary N) is 1. The number of furan rings is 1. The van der Waals surface area contributed by atoms with Crippen LogP contribution in [0.4, 0.5) is 5.69 Å². The molecule has 2 aromatic carbocycles. The SMILES string of the molecule is Cc1ccc(C(N)=O)c(OCC(=O)N(C)c2ccccc2C(=O)NCc2ccco2)c1. The summed E-state index contributed by atoms with van der Waals surface area (Å²) in [5, 5.41) is 2.77. The van der Waals surface area contributed by atoms with Gasteiger partial charge in [-0.05, 0) is 48.9 Å². The molecule has 1 aromatic heterocycles. The highest BCUT2D eigenvalue weighted by atomic mass is 16.5. The van der Waals surface area contributed by atoms with Gasteiger partial charge >= 0.3 is 0 Å². The van der Waals surface area contributed by atoms with Crippen molar-refractivity contribution < 1.29 is 23.5 Å². The van der Waals surface area contributed by atoms with Crippen molar-refractivity contribution in [2.24, 2.45) is 5.73 Å². The van der Waals surface area contributed by atoms with Crippen LogP contribution < -0.4 is 20.7 Å². The summed E-state index contributed by atoms with van der Waals surface area (Å²) >= 11 is 0. The van der Waals surface area contributed by atoms with Crippen LogP contribution in [-0.4, -0.2) is 31.4 Å². The van der Waals surface area contributed by atoms with E-state index in [-0.39, 0.29) is 30.4 Å². The molecule has 3 N–H and O–H groups in total. The normalized spacial score (nSPS) is 10.4. The topological polar surface area (TPSA) is 115 Å². The molecule has 3 rings (SSSR count). The first-order valence-electron chi connectivity index (χ1n) is 9.56. The molecule has 0 saturated carbocycles. The number of primary amides is 1. The van der Waals surface area contributed by atoms with Gasteiger partial charge in [0.25, 0.3) is 17.7 Å². The quantitative estimate of drug-likeness (QED) is 0.580. The number of anilines is 1. The van der Waals surface area contributed by atoms with Crippen molar-refractivity contribution in [3.63, 3.8) is 0 Å². The smallest absolute Gasteiger partial charge is 0.264 e. The van der Waals surface area contributed by atoms with Crippen LogP contribution in [0.3, 0.4) is 0 Å². The van der Waals surface area contributed by atoms with E-state index >= 15 is 0 Å². The average molecular weight is 421 g/mol. The maximum absolute atomic E-state index is 12.7. The zero-order valence-corrected chi connectivity index (χ0v) is 17.3. The van der Waals surface area contributed by atoms with Crippen LogP contribution in [0.1, 0.15) is 32.0 Å². The summed E-state index contributed by atoms with van der Waals surface area (Å²) < 4.78 is 10.8. The first-order chi connectivity index (χ1) is 14.9. The molecule has 3 aromatic rings. The number of benzene rings is 2. The fourth-order valence-corrected chi connectivity index (χ4v) is 2.96. The third-order valence-electron chi connectivity index (χ3n) is 4.64. The highest BCUT2D eigenvalue weighted by molar-refractivity contribution is 6.05. The molecule has 31 heavy (non-hydrogen) atoms. The summed E-state index contributed by atoms with van der Waals surface area (Å²) in [6.07, 6.45) is 1.53. The Labute approximate surface area is 179 Å². The van der Waals surface area contributed by atoms with E-state index in [1.807, 2.05) is 6.92 Å². The van der Waals surface area contributed by atoms with Gasteiger partial charge in [-0.2, -0.15) is 0 Å². The number of ether oxygens (including phenoxy) is 1. The number of para-hydroxylation sites is 1. The van der Waals surface area contributed by atoms with Crippen molar-refractivity contribution in [3.05, 3.63) is 83.3 Å². The monoisotopic (exact) mass is 421 g/mol. The Hall–Kier alpha value is -4.07. The molecule has 8 heteroatoms. The molecule has 8 nitrogen and oxygen atoms in total. The fraction of sp³-hybridized carbons (Fsp3) is 0.174. The van der Waals surface area contributed by atoms with Gasteiger partial charge in [0.1, 0.15) is 11.5 Å². The van der Waals surface area contributed by atoms with E-state index in [1.54, 1.807) is 61.6 Å². The van der Waals surface area contributed by atoms with Gasteiger partial charge < -0.3 is 25.1 Å². The van der Waals surface area contributed by atoms with E-state index in [1.165, 1.54) is 11.2 Å². The number of likely N-dealkylation sites (N-methyl/N-ethyl adjacent to an activating group) is 1. The van der Waals surface area contributed by atoms with Crippen LogP contribution in [-0.2, 0) is 11.3 Å². The molecule has 1 heterocycles. The number of hydrogen-bond acceptors (Lipinski definition) is 5. The second kappa shape index (κ2) is 9.62. The second-order valence-electron chi connectivity index (χ2n) is 6.88. The summed E-state index contributed by atoms with van der Waals surface area (Å²) in [6.45, 7) is 1.73. The predicted molar refractivity (Wildman–Crippen MR) is 115 cm³/mol. The highest BCUT2D eigenvalue weighted by Crippen LogP contribution is 2.22. The number of carbonyl (C=O) groups excluding carboxylic acids is 3. The summed E-state index contributed by atoms with van der Waals surface area (Å²) in [4.78, 5) is 38.3. The molecule has 0 aliphatic heterocycles. The van der Waals surface area contributed by atoms with E-state index in [9.17, 15) is 14.4 Å². The second-order valence-corrected chi connectivity index (χ2v) is 6.88. The van der Waals surface area contributed by atoms with Gasteiger partial charge in [-0.25, -0.2) is 0 Å². The van der Waals surface area contributed by atoms with Crippen LogP contribution in [0.5, 0.6) is 5.75 Å². The molecular formula is C23H23N3O5.